The number of rotatable bonds is 8. The molecule has 6 heteroatoms. The SMILES string of the molecule is CCCNC(CCSC)Cc1nnn(C)n1. The molecular weight excluding hydrogens is 222 g/mol. The second kappa shape index (κ2) is 7.62. The molecule has 0 aliphatic heterocycles. The second-order valence-electron chi connectivity index (χ2n) is 3.83. The molecule has 1 unspecified atom stereocenters. The standard InChI is InChI=1S/C10H21N5S/c1-4-6-11-9(5-7-16-3)8-10-12-14-15(2)13-10/h9,11H,4-8H2,1-3H3. The van der Waals surface area contributed by atoms with Gasteiger partial charge >= 0.3 is 0 Å². The topological polar surface area (TPSA) is 55.6 Å². The van der Waals surface area contributed by atoms with Gasteiger partial charge in [-0.15, -0.1) is 10.2 Å². The Bertz CT molecular complexity index is 280. The molecule has 0 amide bonds. The van der Waals surface area contributed by atoms with E-state index in [4.69, 9.17) is 0 Å². The second-order valence-corrected chi connectivity index (χ2v) is 4.82. The summed E-state index contributed by atoms with van der Waals surface area (Å²) in [6, 6.07) is 0.469. The van der Waals surface area contributed by atoms with Gasteiger partial charge in [0.1, 0.15) is 0 Å². The highest BCUT2D eigenvalue weighted by molar-refractivity contribution is 7.98. The van der Waals surface area contributed by atoms with Gasteiger partial charge in [0, 0.05) is 12.5 Å². The van der Waals surface area contributed by atoms with Gasteiger partial charge in [-0.3, -0.25) is 0 Å². The zero-order valence-corrected chi connectivity index (χ0v) is 11.1. The van der Waals surface area contributed by atoms with Crippen LogP contribution in [0.15, 0.2) is 0 Å². The van der Waals surface area contributed by atoms with Crippen LogP contribution in [0.4, 0.5) is 0 Å². The van der Waals surface area contributed by atoms with Crippen LogP contribution in [0.3, 0.4) is 0 Å². The average Bonchev–Trinajstić information content (AvgIpc) is 2.68. The Morgan fingerprint density at radius 2 is 2.31 bits per heavy atom. The van der Waals surface area contributed by atoms with E-state index < -0.39 is 0 Å². The lowest BCUT2D eigenvalue weighted by atomic mass is 10.1. The van der Waals surface area contributed by atoms with Crippen molar-refractivity contribution in [3.63, 3.8) is 0 Å². The summed E-state index contributed by atoms with van der Waals surface area (Å²) in [5, 5.41) is 15.6. The van der Waals surface area contributed by atoms with E-state index in [9.17, 15) is 0 Å². The monoisotopic (exact) mass is 243 g/mol. The van der Waals surface area contributed by atoms with Crippen LogP contribution in [0.1, 0.15) is 25.6 Å². The van der Waals surface area contributed by atoms with Crippen LogP contribution in [0.5, 0.6) is 0 Å². The molecule has 0 spiro atoms. The first kappa shape index (κ1) is 13.4. The van der Waals surface area contributed by atoms with Gasteiger partial charge in [0.05, 0.1) is 7.05 Å². The molecule has 0 aromatic carbocycles. The van der Waals surface area contributed by atoms with Crippen LogP contribution in [0.25, 0.3) is 0 Å². The fourth-order valence-electron chi connectivity index (χ4n) is 1.51. The third-order valence-electron chi connectivity index (χ3n) is 2.33. The molecule has 0 aliphatic carbocycles. The molecule has 0 aliphatic rings. The lowest BCUT2D eigenvalue weighted by molar-refractivity contribution is 0.487. The van der Waals surface area contributed by atoms with Crippen molar-refractivity contribution in [3.05, 3.63) is 5.82 Å². The summed E-state index contributed by atoms with van der Waals surface area (Å²) in [6.45, 7) is 3.23. The van der Waals surface area contributed by atoms with E-state index in [1.807, 2.05) is 11.8 Å². The van der Waals surface area contributed by atoms with Crippen molar-refractivity contribution < 1.29 is 0 Å². The summed E-state index contributed by atoms with van der Waals surface area (Å²) in [6.07, 6.45) is 5.31. The summed E-state index contributed by atoms with van der Waals surface area (Å²) in [5.74, 6) is 2.00. The van der Waals surface area contributed by atoms with Crippen LogP contribution in [-0.2, 0) is 13.5 Å². The van der Waals surface area contributed by atoms with E-state index in [0.29, 0.717) is 6.04 Å². The highest BCUT2D eigenvalue weighted by atomic mass is 32.2. The summed E-state index contributed by atoms with van der Waals surface area (Å²) in [7, 11) is 1.80. The number of tetrazole rings is 1. The van der Waals surface area contributed by atoms with E-state index in [0.717, 1.165) is 31.6 Å². The third kappa shape index (κ3) is 4.94. The number of hydrogen-bond donors (Lipinski definition) is 1. The number of aromatic nitrogens is 4. The fraction of sp³-hybridized carbons (Fsp3) is 0.900. The first-order valence-corrected chi connectivity index (χ1v) is 7.10. The number of hydrogen-bond acceptors (Lipinski definition) is 5. The number of nitrogens with zero attached hydrogens (tertiary/aromatic N) is 4. The molecular formula is C10H21N5S. The number of thioether (sulfide) groups is 1. The highest BCUT2D eigenvalue weighted by Gasteiger charge is 2.11. The molecule has 5 nitrogen and oxygen atoms in total. The van der Waals surface area contributed by atoms with Crippen LogP contribution in [-0.4, -0.2) is 44.8 Å². The minimum Gasteiger partial charge on any atom is -0.314 e. The molecule has 1 atom stereocenters. The molecule has 1 aromatic heterocycles. The molecule has 0 saturated carbocycles. The Kier molecular flexibility index (Phi) is 6.40. The van der Waals surface area contributed by atoms with Crippen molar-refractivity contribution in [2.75, 3.05) is 18.6 Å². The van der Waals surface area contributed by atoms with Crippen molar-refractivity contribution in [1.82, 2.24) is 25.5 Å². The summed E-state index contributed by atoms with van der Waals surface area (Å²) in [5.41, 5.74) is 0. The molecule has 0 bridgehead atoms. The van der Waals surface area contributed by atoms with E-state index in [-0.39, 0.29) is 0 Å². The van der Waals surface area contributed by atoms with Crippen molar-refractivity contribution in [3.8, 4) is 0 Å². The molecule has 92 valence electrons. The van der Waals surface area contributed by atoms with Crippen LogP contribution >= 0.6 is 11.8 Å². The minimum atomic E-state index is 0.469. The third-order valence-corrected chi connectivity index (χ3v) is 2.98. The van der Waals surface area contributed by atoms with Gasteiger partial charge in [0.15, 0.2) is 5.82 Å². The maximum atomic E-state index is 4.21. The lowest BCUT2D eigenvalue weighted by Gasteiger charge is -2.15. The molecule has 16 heavy (non-hydrogen) atoms. The molecule has 0 fully saturated rings. The minimum absolute atomic E-state index is 0.469. The number of nitrogens with one attached hydrogen (secondary N) is 1. The molecule has 1 rings (SSSR count). The lowest BCUT2D eigenvalue weighted by Crippen LogP contribution is -2.32. The van der Waals surface area contributed by atoms with Gasteiger partial charge < -0.3 is 5.32 Å². The summed E-state index contributed by atoms with van der Waals surface area (Å²) >= 11 is 1.88. The van der Waals surface area contributed by atoms with Crippen molar-refractivity contribution >= 4 is 11.8 Å². The van der Waals surface area contributed by atoms with Gasteiger partial charge in [0.25, 0.3) is 0 Å². The highest BCUT2D eigenvalue weighted by Crippen LogP contribution is 2.05. The maximum Gasteiger partial charge on any atom is 0.176 e. The van der Waals surface area contributed by atoms with Crippen molar-refractivity contribution in [1.29, 1.82) is 0 Å². The predicted molar refractivity (Wildman–Crippen MR) is 67.6 cm³/mol. The summed E-state index contributed by atoms with van der Waals surface area (Å²) in [4.78, 5) is 1.51. The maximum absolute atomic E-state index is 4.21. The van der Waals surface area contributed by atoms with Crippen molar-refractivity contribution in [2.45, 2.75) is 32.2 Å². The van der Waals surface area contributed by atoms with Gasteiger partial charge in [-0.25, -0.2) is 0 Å². The van der Waals surface area contributed by atoms with Gasteiger partial charge in [-0.1, -0.05) is 6.92 Å². The Morgan fingerprint density at radius 1 is 1.50 bits per heavy atom. The largest absolute Gasteiger partial charge is 0.314 e. The van der Waals surface area contributed by atoms with E-state index in [1.165, 1.54) is 10.5 Å². The number of aryl methyl sites for hydroxylation is 1. The van der Waals surface area contributed by atoms with Crippen LogP contribution < -0.4 is 5.32 Å². The van der Waals surface area contributed by atoms with E-state index in [2.05, 4.69) is 33.9 Å². The zero-order chi connectivity index (χ0) is 11.8. The normalized spacial score (nSPS) is 12.9. The Morgan fingerprint density at radius 3 is 2.88 bits per heavy atom. The molecule has 1 heterocycles. The quantitative estimate of drug-likeness (QED) is 0.734. The van der Waals surface area contributed by atoms with Crippen molar-refractivity contribution in [2.24, 2.45) is 7.05 Å². The molecule has 1 aromatic rings. The first-order valence-electron chi connectivity index (χ1n) is 5.71. The Labute approximate surface area is 101 Å². The molecule has 0 saturated heterocycles. The Balaban J connectivity index is 2.41. The van der Waals surface area contributed by atoms with E-state index in [1.54, 1.807) is 7.05 Å². The van der Waals surface area contributed by atoms with Gasteiger partial charge in [-0.2, -0.15) is 16.6 Å². The van der Waals surface area contributed by atoms with Gasteiger partial charge in [0.2, 0.25) is 0 Å². The Hall–Kier alpha value is -0.620. The summed E-state index contributed by atoms with van der Waals surface area (Å²) < 4.78 is 0. The van der Waals surface area contributed by atoms with E-state index >= 15 is 0 Å². The molecule has 1 N–H and O–H groups in total. The van der Waals surface area contributed by atoms with Crippen LogP contribution in [0.2, 0.25) is 0 Å². The smallest absolute Gasteiger partial charge is 0.176 e. The average molecular weight is 243 g/mol. The zero-order valence-electron chi connectivity index (χ0n) is 10.3. The fourth-order valence-corrected chi connectivity index (χ4v) is 2.03. The molecule has 0 radical (unpaired) electrons. The van der Waals surface area contributed by atoms with Crippen LogP contribution in [0, 0.1) is 0 Å². The first-order chi connectivity index (χ1) is 7.76. The predicted octanol–water partition coefficient (Wildman–Crippen LogP) is 0.874. The van der Waals surface area contributed by atoms with Gasteiger partial charge in [-0.05, 0) is 36.6 Å².